The van der Waals surface area contributed by atoms with Crippen LogP contribution in [0, 0.1) is 17.8 Å². The van der Waals surface area contributed by atoms with Crippen LogP contribution in [0.15, 0.2) is 30.4 Å². The Bertz CT molecular complexity index is 722. The van der Waals surface area contributed by atoms with Gasteiger partial charge in [0.25, 0.3) is 5.91 Å². The number of methoxy groups -OCH3 is 1. The van der Waals surface area contributed by atoms with Crippen molar-refractivity contribution in [3.8, 4) is 5.75 Å². The van der Waals surface area contributed by atoms with Crippen LogP contribution in [-0.2, 0) is 4.79 Å². The third-order valence-corrected chi connectivity index (χ3v) is 5.71. The van der Waals surface area contributed by atoms with Gasteiger partial charge in [-0.2, -0.15) is 0 Å². The topological polar surface area (TPSA) is 58.6 Å². The molecule has 1 heterocycles. The molecule has 1 aliphatic heterocycles. The van der Waals surface area contributed by atoms with Gasteiger partial charge in [-0.3, -0.25) is 9.59 Å². The molecular formula is C20H24N2O3. The van der Waals surface area contributed by atoms with Crippen molar-refractivity contribution in [2.24, 2.45) is 17.8 Å². The summed E-state index contributed by atoms with van der Waals surface area (Å²) in [5.41, 5.74) is 1.19. The van der Waals surface area contributed by atoms with Crippen molar-refractivity contribution in [3.63, 3.8) is 0 Å². The number of nitrogens with zero attached hydrogens (tertiary/aromatic N) is 1. The number of benzene rings is 1. The average molecular weight is 340 g/mol. The molecule has 0 radical (unpaired) electrons. The quantitative estimate of drug-likeness (QED) is 0.857. The highest BCUT2D eigenvalue weighted by Gasteiger charge is 2.40. The van der Waals surface area contributed by atoms with Crippen LogP contribution in [0.2, 0.25) is 0 Å². The lowest BCUT2D eigenvalue weighted by atomic mass is 9.92. The van der Waals surface area contributed by atoms with Gasteiger partial charge in [0.1, 0.15) is 5.75 Å². The number of amides is 2. The zero-order chi connectivity index (χ0) is 17.4. The van der Waals surface area contributed by atoms with Crippen molar-refractivity contribution >= 4 is 17.5 Å². The second-order valence-corrected chi connectivity index (χ2v) is 7.29. The minimum atomic E-state index is 0.0256. The van der Waals surface area contributed by atoms with Crippen molar-refractivity contribution in [2.45, 2.75) is 25.7 Å². The van der Waals surface area contributed by atoms with Gasteiger partial charge in [-0.15, -0.1) is 0 Å². The number of ether oxygens (including phenoxy) is 1. The van der Waals surface area contributed by atoms with E-state index in [1.54, 1.807) is 25.3 Å². The summed E-state index contributed by atoms with van der Waals surface area (Å²) < 4.78 is 5.38. The molecule has 132 valence electrons. The molecule has 5 heteroatoms. The van der Waals surface area contributed by atoms with Crippen LogP contribution >= 0.6 is 0 Å². The lowest BCUT2D eigenvalue weighted by Crippen LogP contribution is -2.28. The predicted molar refractivity (Wildman–Crippen MR) is 95.6 cm³/mol. The minimum Gasteiger partial charge on any atom is -0.495 e. The van der Waals surface area contributed by atoms with E-state index in [0.29, 0.717) is 28.8 Å². The summed E-state index contributed by atoms with van der Waals surface area (Å²) in [6, 6.07) is 5.29. The van der Waals surface area contributed by atoms with Crippen LogP contribution in [0.1, 0.15) is 36.0 Å². The van der Waals surface area contributed by atoms with E-state index in [1.807, 2.05) is 4.90 Å². The summed E-state index contributed by atoms with van der Waals surface area (Å²) in [5.74, 6) is 1.57. The van der Waals surface area contributed by atoms with Gasteiger partial charge in [0.15, 0.2) is 0 Å². The Morgan fingerprint density at radius 2 is 1.96 bits per heavy atom. The Hall–Kier alpha value is -2.30. The zero-order valence-corrected chi connectivity index (χ0v) is 14.5. The number of hydrogen-bond donors (Lipinski definition) is 1. The van der Waals surface area contributed by atoms with Gasteiger partial charge in [-0.25, -0.2) is 0 Å². The number of likely N-dealkylation sites (tertiary alicyclic amines) is 1. The van der Waals surface area contributed by atoms with Gasteiger partial charge < -0.3 is 15.0 Å². The second kappa shape index (κ2) is 6.54. The Morgan fingerprint density at radius 3 is 2.60 bits per heavy atom. The molecule has 3 atom stereocenters. The Kier molecular flexibility index (Phi) is 4.24. The highest BCUT2D eigenvalue weighted by atomic mass is 16.5. The number of fused-ring (bicyclic) bond motifs is 2. The van der Waals surface area contributed by atoms with E-state index < -0.39 is 0 Å². The van der Waals surface area contributed by atoms with Crippen molar-refractivity contribution in [1.29, 1.82) is 0 Å². The van der Waals surface area contributed by atoms with Crippen LogP contribution < -0.4 is 10.1 Å². The highest BCUT2D eigenvalue weighted by molar-refractivity contribution is 5.99. The lowest BCUT2D eigenvalue weighted by molar-refractivity contribution is -0.120. The van der Waals surface area contributed by atoms with E-state index in [4.69, 9.17) is 4.74 Å². The largest absolute Gasteiger partial charge is 0.495 e. The maximum atomic E-state index is 12.7. The zero-order valence-electron chi connectivity index (χ0n) is 14.5. The molecular weight excluding hydrogens is 316 g/mol. The van der Waals surface area contributed by atoms with E-state index in [0.717, 1.165) is 38.8 Å². The molecule has 2 fully saturated rings. The first-order valence-electron chi connectivity index (χ1n) is 9.12. The molecule has 1 aromatic rings. The molecule has 5 nitrogen and oxygen atoms in total. The number of hydrogen-bond acceptors (Lipinski definition) is 3. The van der Waals surface area contributed by atoms with Crippen LogP contribution in [-0.4, -0.2) is 36.9 Å². The van der Waals surface area contributed by atoms with Crippen LogP contribution in [0.4, 0.5) is 5.69 Å². The maximum Gasteiger partial charge on any atom is 0.253 e. The first kappa shape index (κ1) is 16.2. The number of carbonyl (C=O) groups excluding carboxylic acids is 2. The summed E-state index contributed by atoms with van der Waals surface area (Å²) in [7, 11) is 1.58. The third kappa shape index (κ3) is 3.03. The normalized spacial score (nSPS) is 26.9. The van der Waals surface area contributed by atoms with Gasteiger partial charge in [-0.05, 0) is 55.7 Å². The van der Waals surface area contributed by atoms with Gasteiger partial charge in [0.05, 0.1) is 12.8 Å². The molecule has 1 saturated heterocycles. The summed E-state index contributed by atoms with van der Waals surface area (Å²) in [4.78, 5) is 27.2. The number of carbonyl (C=O) groups is 2. The monoisotopic (exact) mass is 340 g/mol. The number of anilines is 1. The van der Waals surface area contributed by atoms with Crippen LogP contribution in [0.3, 0.4) is 0 Å². The summed E-state index contributed by atoms with van der Waals surface area (Å²) in [6.45, 7) is 1.62. The molecule has 3 aliphatic rings. The molecule has 1 aromatic carbocycles. The maximum absolute atomic E-state index is 12.7. The standard InChI is InChI=1S/C20H24N2O3/c1-25-18-7-6-15(20(24)22-8-2-3-9-22)12-17(18)21-19(23)16-11-13-4-5-14(16)10-13/h4-7,12-14,16H,2-3,8-11H2,1H3,(H,21,23)/t13-,14-,16-/m1/s1. The van der Waals surface area contributed by atoms with Crippen molar-refractivity contribution in [2.75, 3.05) is 25.5 Å². The van der Waals surface area contributed by atoms with Gasteiger partial charge in [0.2, 0.25) is 5.91 Å². The van der Waals surface area contributed by atoms with Gasteiger partial charge in [-0.1, -0.05) is 12.2 Å². The molecule has 2 aliphatic carbocycles. The molecule has 2 bridgehead atoms. The number of rotatable bonds is 4. The highest BCUT2D eigenvalue weighted by Crippen LogP contribution is 2.44. The molecule has 0 aromatic heterocycles. The summed E-state index contributed by atoms with van der Waals surface area (Å²) in [5, 5.41) is 3.01. The minimum absolute atomic E-state index is 0.0256. The van der Waals surface area contributed by atoms with Crippen LogP contribution in [0.25, 0.3) is 0 Å². The molecule has 25 heavy (non-hydrogen) atoms. The fourth-order valence-electron chi connectivity index (χ4n) is 4.35. The van der Waals surface area contributed by atoms with E-state index in [-0.39, 0.29) is 17.7 Å². The van der Waals surface area contributed by atoms with E-state index >= 15 is 0 Å². The van der Waals surface area contributed by atoms with Gasteiger partial charge in [0, 0.05) is 24.6 Å². The molecule has 1 N–H and O–H groups in total. The number of nitrogens with one attached hydrogen (secondary N) is 1. The Morgan fingerprint density at radius 1 is 1.16 bits per heavy atom. The molecule has 1 saturated carbocycles. The predicted octanol–water partition coefficient (Wildman–Crippen LogP) is 3.08. The third-order valence-electron chi connectivity index (χ3n) is 5.71. The first-order valence-corrected chi connectivity index (χ1v) is 9.12. The fraction of sp³-hybridized carbons (Fsp3) is 0.500. The smallest absolute Gasteiger partial charge is 0.253 e. The van der Waals surface area contributed by atoms with Crippen molar-refractivity contribution in [3.05, 3.63) is 35.9 Å². The molecule has 0 unspecified atom stereocenters. The first-order chi connectivity index (χ1) is 12.2. The molecule has 2 amide bonds. The van der Waals surface area contributed by atoms with Gasteiger partial charge >= 0.3 is 0 Å². The molecule has 4 rings (SSSR count). The second-order valence-electron chi connectivity index (χ2n) is 7.29. The lowest BCUT2D eigenvalue weighted by Gasteiger charge is -2.20. The van der Waals surface area contributed by atoms with Crippen LogP contribution in [0.5, 0.6) is 5.75 Å². The van der Waals surface area contributed by atoms with E-state index in [9.17, 15) is 9.59 Å². The Labute approximate surface area is 148 Å². The summed E-state index contributed by atoms with van der Waals surface area (Å²) in [6.07, 6.45) is 8.52. The summed E-state index contributed by atoms with van der Waals surface area (Å²) >= 11 is 0. The SMILES string of the molecule is COc1ccc(C(=O)N2CCCC2)cc1NC(=O)[C@@H]1C[C@@H]2C=C[C@@H]1C2. The Balaban J connectivity index is 1.53. The fourth-order valence-corrected chi connectivity index (χ4v) is 4.35. The van der Waals surface area contributed by atoms with E-state index in [1.165, 1.54) is 0 Å². The van der Waals surface area contributed by atoms with E-state index in [2.05, 4.69) is 17.5 Å². The molecule has 0 spiro atoms. The average Bonchev–Trinajstić information content (AvgIpc) is 3.38. The number of allylic oxidation sites excluding steroid dienone is 2. The van der Waals surface area contributed by atoms with Crippen molar-refractivity contribution in [1.82, 2.24) is 4.90 Å². The van der Waals surface area contributed by atoms with Crippen molar-refractivity contribution < 1.29 is 14.3 Å².